The maximum atomic E-state index is 14.0. The zero-order valence-electron chi connectivity index (χ0n) is 21.9. The molecular formula is C37H22O2S2. The van der Waals surface area contributed by atoms with E-state index in [1.165, 1.54) is 40.0 Å². The van der Waals surface area contributed by atoms with Gasteiger partial charge in [0.05, 0.1) is 10.8 Å². The van der Waals surface area contributed by atoms with Crippen LogP contribution in [0.25, 0.3) is 86.6 Å². The second-order valence-corrected chi connectivity index (χ2v) is 12.8. The fourth-order valence-corrected chi connectivity index (χ4v) is 8.90. The molecule has 4 heteroatoms. The van der Waals surface area contributed by atoms with Gasteiger partial charge in [-0.1, -0.05) is 78.9 Å². The summed E-state index contributed by atoms with van der Waals surface area (Å²) in [7, 11) is 0. The molecule has 0 radical (unpaired) electrons. The number of hydrogen-bond acceptors (Lipinski definition) is 4. The Hall–Kier alpha value is -4.51. The zero-order valence-corrected chi connectivity index (χ0v) is 23.6. The first kappa shape index (κ1) is 23.2. The topological polar surface area (TPSA) is 30.2 Å². The summed E-state index contributed by atoms with van der Waals surface area (Å²) in [5.74, 6) is 0. The van der Waals surface area contributed by atoms with E-state index in [0.29, 0.717) is 21.9 Å². The van der Waals surface area contributed by atoms with E-state index in [1.54, 1.807) is 11.3 Å². The molecule has 9 rings (SSSR count). The molecule has 0 bridgehead atoms. The zero-order chi connectivity index (χ0) is 27.1. The van der Waals surface area contributed by atoms with Gasteiger partial charge in [-0.15, -0.1) is 22.7 Å². The second kappa shape index (κ2) is 8.74. The first-order valence-electron chi connectivity index (χ1n) is 13.9. The molecule has 8 aromatic rings. The lowest BCUT2D eigenvalue weighted by Gasteiger charge is -2.08. The Bertz CT molecular complexity index is 2560. The van der Waals surface area contributed by atoms with E-state index in [0.717, 1.165) is 35.1 Å². The Balaban J connectivity index is 1.25. The summed E-state index contributed by atoms with van der Waals surface area (Å²) in [5, 5.41) is 6.39. The number of benzene rings is 5. The summed E-state index contributed by atoms with van der Waals surface area (Å²) >= 11 is 3.65. The van der Waals surface area contributed by atoms with E-state index in [2.05, 4.69) is 84.9 Å². The Morgan fingerprint density at radius 2 is 1.20 bits per heavy atom. The molecule has 3 aromatic heterocycles. The molecule has 0 fully saturated rings. The molecule has 0 saturated carbocycles. The Morgan fingerprint density at radius 1 is 0.561 bits per heavy atom. The van der Waals surface area contributed by atoms with Crippen molar-refractivity contribution < 1.29 is 4.42 Å². The molecular weight excluding hydrogens is 541 g/mol. The number of thiophene rings is 2. The summed E-state index contributed by atoms with van der Waals surface area (Å²) in [6.45, 7) is 0. The van der Waals surface area contributed by atoms with Gasteiger partial charge < -0.3 is 4.42 Å². The largest absolute Gasteiger partial charge is 0.456 e. The fourth-order valence-electron chi connectivity index (χ4n) is 6.35. The molecule has 3 heterocycles. The predicted molar refractivity (Wildman–Crippen MR) is 177 cm³/mol. The number of fused-ring (bicyclic) bond motifs is 8. The van der Waals surface area contributed by atoms with Crippen molar-refractivity contribution in [1.82, 2.24) is 0 Å². The van der Waals surface area contributed by atoms with Crippen molar-refractivity contribution in [3.63, 3.8) is 0 Å². The van der Waals surface area contributed by atoms with Crippen molar-refractivity contribution in [2.24, 2.45) is 0 Å². The fraction of sp³-hybridized carbons (Fsp3) is 0.0541. The molecule has 0 unspecified atom stereocenters. The van der Waals surface area contributed by atoms with E-state index in [9.17, 15) is 4.79 Å². The minimum Gasteiger partial charge on any atom is -0.456 e. The van der Waals surface area contributed by atoms with Crippen LogP contribution in [-0.2, 0) is 0 Å². The highest BCUT2D eigenvalue weighted by molar-refractivity contribution is 7.26. The molecule has 2 nitrogen and oxygen atoms in total. The van der Waals surface area contributed by atoms with Crippen LogP contribution in [0.5, 0.6) is 0 Å². The van der Waals surface area contributed by atoms with Crippen LogP contribution in [0.15, 0.2) is 106 Å². The van der Waals surface area contributed by atoms with Gasteiger partial charge in [0.2, 0.25) is 5.43 Å². The van der Waals surface area contributed by atoms with Crippen molar-refractivity contribution in [2.45, 2.75) is 12.8 Å². The Labute approximate surface area is 242 Å². The van der Waals surface area contributed by atoms with Crippen LogP contribution in [0.2, 0.25) is 0 Å². The SMILES string of the molecule is O=c1c2cc(-c3cccc4c5c(sc34)=CCCC=5)ccc2oc2ccc(-c3cccc4c3sc3ccccc34)cc12. The first-order chi connectivity index (χ1) is 20.2. The summed E-state index contributed by atoms with van der Waals surface area (Å²) < 4.78 is 11.4. The molecule has 41 heavy (non-hydrogen) atoms. The average molecular weight is 563 g/mol. The third-order valence-electron chi connectivity index (χ3n) is 8.32. The van der Waals surface area contributed by atoms with Gasteiger partial charge >= 0.3 is 0 Å². The first-order valence-corrected chi connectivity index (χ1v) is 15.5. The predicted octanol–water partition coefficient (Wildman–Crippen LogP) is 9.22. The van der Waals surface area contributed by atoms with Gasteiger partial charge in [-0.05, 0) is 70.6 Å². The van der Waals surface area contributed by atoms with E-state index >= 15 is 0 Å². The van der Waals surface area contributed by atoms with E-state index in [4.69, 9.17) is 4.42 Å². The van der Waals surface area contributed by atoms with Gasteiger partial charge in [0, 0.05) is 34.8 Å². The Morgan fingerprint density at radius 3 is 1.95 bits per heavy atom. The molecule has 0 saturated heterocycles. The van der Waals surface area contributed by atoms with Crippen LogP contribution in [0.3, 0.4) is 0 Å². The molecule has 0 atom stereocenters. The number of hydrogen-bond donors (Lipinski definition) is 0. The summed E-state index contributed by atoms with van der Waals surface area (Å²) in [6.07, 6.45) is 6.89. The van der Waals surface area contributed by atoms with Crippen LogP contribution < -0.4 is 15.2 Å². The van der Waals surface area contributed by atoms with Crippen molar-refractivity contribution >= 4 is 87.0 Å². The van der Waals surface area contributed by atoms with Crippen LogP contribution in [0.1, 0.15) is 12.8 Å². The molecule has 0 amide bonds. The van der Waals surface area contributed by atoms with E-state index in [1.807, 2.05) is 35.6 Å². The van der Waals surface area contributed by atoms with E-state index in [-0.39, 0.29) is 5.43 Å². The number of rotatable bonds is 2. The van der Waals surface area contributed by atoms with Gasteiger partial charge in [0.1, 0.15) is 11.2 Å². The summed E-state index contributed by atoms with van der Waals surface area (Å²) in [6, 6.07) is 33.5. The highest BCUT2D eigenvalue weighted by atomic mass is 32.1. The molecule has 1 aliphatic rings. The van der Waals surface area contributed by atoms with Crippen molar-refractivity contribution in [1.29, 1.82) is 0 Å². The Kier molecular flexibility index (Phi) is 4.95. The maximum absolute atomic E-state index is 14.0. The second-order valence-electron chi connectivity index (χ2n) is 10.7. The standard InChI is InChI=1S/C37H22O2S2/c38-35-29-19-21(23-9-5-11-27-25-7-1-3-13-33(25)40-36(23)27)15-17-31(29)39-32-18-16-22(20-30(32)35)24-10-6-12-28-26-8-2-4-14-34(26)41-37(24)28/h1,3,5-20H,2,4H2. The summed E-state index contributed by atoms with van der Waals surface area (Å²) in [4.78, 5) is 14.0. The molecule has 5 aromatic carbocycles. The van der Waals surface area contributed by atoms with Crippen LogP contribution in [0.4, 0.5) is 0 Å². The minimum absolute atomic E-state index is 0.00721. The third kappa shape index (κ3) is 3.45. The van der Waals surface area contributed by atoms with Crippen LogP contribution in [0, 0.1) is 0 Å². The molecule has 194 valence electrons. The van der Waals surface area contributed by atoms with Gasteiger partial charge in [-0.2, -0.15) is 0 Å². The lowest BCUT2D eigenvalue weighted by Crippen LogP contribution is -2.20. The molecule has 0 N–H and O–H groups in total. The highest BCUT2D eigenvalue weighted by Gasteiger charge is 2.15. The third-order valence-corrected chi connectivity index (χ3v) is 10.8. The van der Waals surface area contributed by atoms with Gasteiger partial charge in [-0.25, -0.2) is 0 Å². The average Bonchev–Trinajstić information content (AvgIpc) is 3.60. The quantitative estimate of drug-likeness (QED) is 0.197. The lowest BCUT2D eigenvalue weighted by molar-refractivity contribution is 0.660. The van der Waals surface area contributed by atoms with Crippen molar-refractivity contribution in [3.05, 3.63) is 117 Å². The summed E-state index contributed by atoms with van der Waals surface area (Å²) in [5.41, 5.74) is 5.61. The van der Waals surface area contributed by atoms with E-state index < -0.39 is 0 Å². The monoisotopic (exact) mass is 562 g/mol. The molecule has 1 aliphatic carbocycles. The van der Waals surface area contributed by atoms with Crippen LogP contribution >= 0.6 is 22.7 Å². The van der Waals surface area contributed by atoms with Gasteiger partial charge in [0.15, 0.2) is 0 Å². The maximum Gasteiger partial charge on any atom is 0.200 e. The smallest absolute Gasteiger partial charge is 0.200 e. The lowest BCUT2D eigenvalue weighted by atomic mass is 9.99. The van der Waals surface area contributed by atoms with Crippen molar-refractivity contribution in [3.8, 4) is 22.3 Å². The molecule has 0 spiro atoms. The van der Waals surface area contributed by atoms with Crippen LogP contribution in [-0.4, -0.2) is 0 Å². The normalized spacial score (nSPS) is 13.2. The van der Waals surface area contributed by atoms with Crippen molar-refractivity contribution in [2.75, 3.05) is 0 Å². The highest BCUT2D eigenvalue weighted by Crippen LogP contribution is 2.40. The molecule has 0 aliphatic heterocycles. The van der Waals surface area contributed by atoms with Gasteiger partial charge in [-0.3, -0.25) is 4.79 Å². The van der Waals surface area contributed by atoms with Gasteiger partial charge in [0.25, 0.3) is 0 Å². The minimum atomic E-state index is 0.00721.